The van der Waals surface area contributed by atoms with Gasteiger partial charge in [-0.25, -0.2) is 13.1 Å². The summed E-state index contributed by atoms with van der Waals surface area (Å²) >= 11 is 0. The molecule has 0 radical (unpaired) electrons. The number of aryl methyl sites for hydroxylation is 1. The van der Waals surface area contributed by atoms with Crippen molar-refractivity contribution >= 4 is 21.9 Å². The Morgan fingerprint density at radius 2 is 1.85 bits per heavy atom. The maximum atomic E-state index is 12.8. The predicted molar refractivity (Wildman–Crippen MR) is 92.5 cm³/mol. The lowest BCUT2D eigenvalue weighted by Gasteiger charge is -2.33. The minimum atomic E-state index is -3.68. The monoisotopic (exact) mass is 396 g/mol. The first-order chi connectivity index (χ1) is 12.7. The van der Waals surface area contributed by atoms with Crippen LogP contribution < -0.4 is 0 Å². The molecule has 0 atom stereocenters. The Morgan fingerprint density at radius 3 is 2.41 bits per heavy atom. The predicted octanol–water partition coefficient (Wildman–Crippen LogP) is -0.844. The second kappa shape index (κ2) is 7.12. The van der Waals surface area contributed by atoms with Crippen LogP contribution in [0.1, 0.15) is 16.2 Å². The van der Waals surface area contributed by atoms with Crippen LogP contribution in [0.25, 0.3) is 0 Å². The van der Waals surface area contributed by atoms with Crippen molar-refractivity contribution in [1.29, 1.82) is 0 Å². The maximum Gasteiger partial charge on any atom is 0.325 e. The fraction of sp³-hybridized carbons (Fsp3) is 0.467. The van der Waals surface area contributed by atoms with Crippen molar-refractivity contribution in [3.8, 4) is 0 Å². The third kappa shape index (κ3) is 3.57. The number of aliphatic carboxylic acids is 1. The van der Waals surface area contributed by atoms with Gasteiger partial charge >= 0.3 is 5.97 Å². The van der Waals surface area contributed by atoms with Crippen molar-refractivity contribution in [2.45, 2.75) is 18.4 Å². The van der Waals surface area contributed by atoms with Crippen molar-refractivity contribution in [1.82, 2.24) is 28.8 Å². The number of aromatic nitrogens is 4. The number of sulfonamides is 1. The first-order valence-electron chi connectivity index (χ1n) is 8.23. The minimum absolute atomic E-state index is 0.148. The van der Waals surface area contributed by atoms with Gasteiger partial charge in [-0.3, -0.25) is 14.3 Å². The van der Waals surface area contributed by atoms with Crippen LogP contribution in [-0.4, -0.2) is 80.3 Å². The molecule has 11 nitrogen and oxygen atoms in total. The van der Waals surface area contributed by atoms with E-state index in [-0.39, 0.29) is 42.7 Å². The van der Waals surface area contributed by atoms with E-state index in [1.54, 1.807) is 14.0 Å². The van der Waals surface area contributed by atoms with Gasteiger partial charge in [0.05, 0.1) is 11.9 Å². The van der Waals surface area contributed by atoms with E-state index in [1.807, 2.05) is 0 Å². The molecule has 27 heavy (non-hydrogen) atoms. The summed E-state index contributed by atoms with van der Waals surface area (Å²) in [6.45, 7) is 1.97. The number of nitrogens with zero attached hydrogens (tertiary/aromatic N) is 6. The zero-order valence-corrected chi connectivity index (χ0v) is 15.8. The van der Waals surface area contributed by atoms with Gasteiger partial charge in [0.15, 0.2) is 0 Å². The van der Waals surface area contributed by atoms with E-state index >= 15 is 0 Å². The summed E-state index contributed by atoms with van der Waals surface area (Å²) in [5, 5.41) is 16.7. The van der Waals surface area contributed by atoms with Crippen molar-refractivity contribution in [3.63, 3.8) is 0 Å². The zero-order chi connectivity index (χ0) is 19.8. The number of rotatable bonds is 5. The fourth-order valence-corrected chi connectivity index (χ4v) is 4.54. The largest absolute Gasteiger partial charge is 0.480 e. The van der Waals surface area contributed by atoms with Crippen LogP contribution in [0, 0.1) is 6.92 Å². The van der Waals surface area contributed by atoms with Crippen molar-refractivity contribution < 1.29 is 23.1 Å². The molecule has 1 aliphatic rings. The second-order valence-electron chi connectivity index (χ2n) is 6.18. The molecular weight excluding hydrogens is 376 g/mol. The summed E-state index contributed by atoms with van der Waals surface area (Å²) in [7, 11) is -2.01. The van der Waals surface area contributed by atoms with Gasteiger partial charge in [0.1, 0.15) is 17.1 Å². The molecular formula is C15H20N6O5S. The molecule has 146 valence electrons. The number of piperazine rings is 1. The Balaban J connectivity index is 1.70. The summed E-state index contributed by atoms with van der Waals surface area (Å²) in [6.07, 6.45) is 2.69. The van der Waals surface area contributed by atoms with E-state index in [4.69, 9.17) is 5.11 Å². The van der Waals surface area contributed by atoms with Crippen LogP contribution in [0.4, 0.5) is 0 Å². The van der Waals surface area contributed by atoms with E-state index in [9.17, 15) is 18.0 Å². The van der Waals surface area contributed by atoms with E-state index in [2.05, 4.69) is 10.2 Å². The summed E-state index contributed by atoms with van der Waals surface area (Å²) in [6, 6.07) is 1.45. The Bertz CT molecular complexity index is 971. The fourth-order valence-electron chi connectivity index (χ4n) is 2.93. The van der Waals surface area contributed by atoms with E-state index in [0.29, 0.717) is 5.69 Å². The number of amides is 1. The first-order valence-corrected chi connectivity index (χ1v) is 9.67. The highest BCUT2D eigenvalue weighted by Gasteiger charge is 2.33. The Labute approximate surface area is 155 Å². The highest BCUT2D eigenvalue weighted by molar-refractivity contribution is 7.89. The van der Waals surface area contributed by atoms with Crippen molar-refractivity contribution in [2.75, 3.05) is 26.2 Å². The number of hydrogen-bond donors (Lipinski definition) is 1. The first kappa shape index (κ1) is 19.0. The lowest BCUT2D eigenvalue weighted by Crippen LogP contribution is -2.50. The molecule has 12 heteroatoms. The van der Waals surface area contributed by atoms with Gasteiger partial charge in [-0.1, -0.05) is 0 Å². The number of carbonyl (C=O) groups is 2. The van der Waals surface area contributed by atoms with Gasteiger partial charge in [0.2, 0.25) is 10.0 Å². The third-order valence-corrected chi connectivity index (χ3v) is 6.56. The molecule has 3 rings (SSSR count). The van der Waals surface area contributed by atoms with Gasteiger partial charge in [-0.2, -0.15) is 14.5 Å². The normalized spacial score (nSPS) is 15.9. The Morgan fingerprint density at radius 1 is 1.19 bits per heavy atom. The van der Waals surface area contributed by atoms with Gasteiger partial charge in [0.25, 0.3) is 5.91 Å². The average molecular weight is 396 g/mol. The lowest BCUT2D eigenvalue weighted by atomic mass is 10.3. The molecule has 1 saturated heterocycles. The van der Waals surface area contributed by atoms with Crippen LogP contribution >= 0.6 is 0 Å². The highest BCUT2D eigenvalue weighted by atomic mass is 32.2. The topological polar surface area (TPSA) is 131 Å². The number of carbonyl (C=O) groups excluding carboxylic acids is 1. The molecule has 0 bridgehead atoms. The summed E-state index contributed by atoms with van der Waals surface area (Å²) < 4.78 is 29.5. The molecule has 3 heterocycles. The average Bonchev–Trinajstić information content (AvgIpc) is 3.21. The van der Waals surface area contributed by atoms with Crippen molar-refractivity contribution in [3.05, 3.63) is 29.8 Å². The second-order valence-corrected chi connectivity index (χ2v) is 8.09. The molecule has 1 N–H and O–H groups in total. The molecule has 0 aliphatic carbocycles. The number of carboxylic acids is 1. The van der Waals surface area contributed by atoms with E-state index in [0.717, 1.165) is 4.68 Å². The zero-order valence-electron chi connectivity index (χ0n) is 14.9. The third-order valence-electron chi connectivity index (χ3n) is 4.55. The molecule has 0 spiro atoms. The van der Waals surface area contributed by atoms with Crippen LogP contribution in [0.5, 0.6) is 0 Å². The summed E-state index contributed by atoms with van der Waals surface area (Å²) in [4.78, 5) is 25.2. The molecule has 0 aromatic carbocycles. The molecule has 0 saturated carbocycles. The maximum absolute atomic E-state index is 12.8. The summed E-state index contributed by atoms with van der Waals surface area (Å²) in [5.74, 6) is -1.47. The Hall–Kier alpha value is -2.73. The Kier molecular flexibility index (Phi) is 5.02. The van der Waals surface area contributed by atoms with Crippen LogP contribution in [0.2, 0.25) is 0 Å². The molecule has 1 aliphatic heterocycles. The highest BCUT2D eigenvalue weighted by Crippen LogP contribution is 2.21. The smallest absolute Gasteiger partial charge is 0.325 e. The van der Waals surface area contributed by atoms with Crippen LogP contribution in [-0.2, 0) is 28.4 Å². The summed E-state index contributed by atoms with van der Waals surface area (Å²) in [5.41, 5.74) is 0.711. The molecule has 1 amide bonds. The minimum Gasteiger partial charge on any atom is -0.480 e. The van der Waals surface area contributed by atoms with Crippen LogP contribution in [0.3, 0.4) is 0 Å². The quantitative estimate of drug-likeness (QED) is 0.697. The SMILES string of the molecule is Cc1c(S(=O)(=O)N2CCN(C(=O)c3ccnn3CC(=O)O)CC2)cnn1C. The molecule has 2 aromatic heterocycles. The van der Waals surface area contributed by atoms with Gasteiger partial charge in [-0.15, -0.1) is 0 Å². The molecule has 1 fully saturated rings. The standard InChI is InChI=1S/C15H20N6O5S/c1-11-13(9-17-18(11)2)27(25,26)20-7-5-19(6-8-20)15(24)12-3-4-16-21(12)10-14(22)23/h3-4,9H,5-8,10H2,1-2H3,(H,22,23). The number of hydrogen-bond acceptors (Lipinski definition) is 6. The van der Waals surface area contributed by atoms with Gasteiger partial charge in [0, 0.05) is 39.4 Å². The number of carboxylic acid groups (broad SMARTS) is 1. The van der Waals surface area contributed by atoms with Gasteiger partial charge < -0.3 is 10.0 Å². The molecule has 0 unspecified atom stereocenters. The van der Waals surface area contributed by atoms with E-state index in [1.165, 1.54) is 32.3 Å². The van der Waals surface area contributed by atoms with E-state index < -0.39 is 22.5 Å². The van der Waals surface area contributed by atoms with Crippen molar-refractivity contribution in [2.24, 2.45) is 7.05 Å². The van der Waals surface area contributed by atoms with Crippen LogP contribution in [0.15, 0.2) is 23.4 Å². The van der Waals surface area contributed by atoms with Gasteiger partial charge in [-0.05, 0) is 13.0 Å². The lowest BCUT2D eigenvalue weighted by molar-refractivity contribution is -0.137. The molecule has 2 aromatic rings.